The molecular weight excluding hydrogens is 446 g/mol. The van der Waals surface area contributed by atoms with Crippen molar-refractivity contribution in [2.75, 3.05) is 18.4 Å². The molecule has 3 N–H and O–H groups in total. The molecule has 6 nitrogen and oxygen atoms in total. The van der Waals surface area contributed by atoms with Gasteiger partial charge < -0.3 is 16.0 Å². The molecule has 1 saturated heterocycles. The molecule has 0 spiro atoms. The van der Waals surface area contributed by atoms with Crippen LogP contribution in [0.5, 0.6) is 0 Å². The Balaban J connectivity index is 1.56. The summed E-state index contributed by atoms with van der Waals surface area (Å²) in [5, 5.41) is 9.35. The van der Waals surface area contributed by atoms with Crippen LogP contribution in [0, 0.1) is 11.6 Å². The van der Waals surface area contributed by atoms with Crippen molar-refractivity contribution in [2.45, 2.75) is 28.8 Å². The Bertz CT molecular complexity index is 1240. The maximum Gasteiger partial charge on any atom is 0.255 e. The predicted molar refractivity (Wildman–Crippen MR) is 124 cm³/mol. The van der Waals surface area contributed by atoms with Gasteiger partial charge in [-0.1, -0.05) is 30.0 Å². The van der Waals surface area contributed by atoms with Gasteiger partial charge in [0.25, 0.3) is 5.56 Å². The first-order valence-electron chi connectivity index (χ1n) is 10.7. The van der Waals surface area contributed by atoms with Crippen molar-refractivity contribution in [3.8, 4) is 5.69 Å². The lowest BCUT2D eigenvalue weighted by Gasteiger charge is -2.23. The second-order valence-corrected chi connectivity index (χ2v) is 9.22. The quantitative estimate of drug-likeness (QED) is 0.536. The van der Waals surface area contributed by atoms with E-state index in [1.54, 1.807) is 10.6 Å². The van der Waals surface area contributed by atoms with E-state index in [2.05, 4.69) is 16.0 Å². The summed E-state index contributed by atoms with van der Waals surface area (Å²) in [5.74, 6) is -1.62. The highest BCUT2D eigenvalue weighted by atomic mass is 32.2. The first-order valence-corrected chi connectivity index (χ1v) is 11.6. The molecule has 2 aliphatic heterocycles. The molecule has 0 aliphatic carbocycles. The maximum atomic E-state index is 14.5. The van der Waals surface area contributed by atoms with Crippen LogP contribution in [0.4, 0.5) is 14.5 Å². The molecule has 1 aromatic heterocycles. The van der Waals surface area contributed by atoms with E-state index in [1.807, 2.05) is 30.3 Å². The Kier molecular flexibility index (Phi) is 5.90. The standard InChI is InChI=1S/C24H22F2N4O2S/c25-14-6-8-19(18(26)12-14)29-21-17-7-9-20(31)30(16-4-2-1-3-5-16)24(17)33-22(21)23(32)28-15-10-11-27-13-15/h1-9,12,15,21-22,27,29H,10-11,13H2,(H,28,32). The highest BCUT2D eigenvalue weighted by molar-refractivity contribution is 8.01. The number of fused-ring (bicyclic) bond motifs is 1. The van der Waals surface area contributed by atoms with E-state index in [0.29, 0.717) is 22.8 Å². The van der Waals surface area contributed by atoms with Gasteiger partial charge in [0.2, 0.25) is 5.91 Å². The lowest BCUT2D eigenvalue weighted by atomic mass is 10.0. The number of hydrogen-bond donors (Lipinski definition) is 3. The number of anilines is 1. The third kappa shape index (κ3) is 4.26. The Morgan fingerprint density at radius 2 is 1.91 bits per heavy atom. The van der Waals surface area contributed by atoms with Gasteiger partial charge in [0, 0.05) is 36.0 Å². The van der Waals surface area contributed by atoms with Gasteiger partial charge in [-0.25, -0.2) is 8.78 Å². The highest BCUT2D eigenvalue weighted by Gasteiger charge is 2.41. The lowest BCUT2D eigenvalue weighted by molar-refractivity contribution is -0.121. The van der Waals surface area contributed by atoms with Crippen LogP contribution in [0.3, 0.4) is 0 Å². The first kappa shape index (κ1) is 21.7. The predicted octanol–water partition coefficient (Wildman–Crippen LogP) is 3.22. The molecule has 3 atom stereocenters. The molecule has 2 aromatic carbocycles. The molecule has 3 aromatic rings. The van der Waals surface area contributed by atoms with Gasteiger partial charge in [0.05, 0.1) is 16.8 Å². The molecule has 3 heterocycles. The number of pyridine rings is 1. The summed E-state index contributed by atoms with van der Waals surface area (Å²) in [5.41, 5.74) is 1.25. The highest BCUT2D eigenvalue weighted by Crippen LogP contribution is 2.46. The van der Waals surface area contributed by atoms with Crippen molar-refractivity contribution in [1.82, 2.24) is 15.2 Å². The molecule has 1 amide bonds. The van der Waals surface area contributed by atoms with Gasteiger partial charge in [0.15, 0.2) is 0 Å². The summed E-state index contributed by atoms with van der Waals surface area (Å²) in [6.45, 7) is 1.52. The van der Waals surface area contributed by atoms with E-state index < -0.39 is 22.9 Å². The van der Waals surface area contributed by atoms with Crippen LogP contribution in [0.15, 0.2) is 70.5 Å². The number of benzene rings is 2. The largest absolute Gasteiger partial charge is 0.374 e. The second-order valence-electron chi connectivity index (χ2n) is 8.09. The molecule has 170 valence electrons. The van der Waals surface area contributed by atoms with Crippen molar-refractivity contribution in [1.29, 1.82) is 0 Å². The molecule has 0 saturated carbocycles. The molecule has 5 rings (SSSR count). The normalized spacial score (nSPS) is 21.6. The number of para-hydroxylation sites is 1. The summed E-state index contributed by atoms with van der Waals surface area (Å²) in [6.07, 6.45) is 0.829. The van der Waals surface area contributed by atoms with Gasteiger partial charge >= 0.3 is 0 Å². The molecule has 2 aliphatic rings. The smallest absolute Gasteiger partial charge is 0.255 e. The molecule has 1 fully saturated rings. The van der Waals surface area contributed by atoms with Crippen molar-refractivity contribution in [3.63, 3.8) is 0 Å². The number of carbonyl (C=O) groups is 1. The van der Waals surface area contributed by atoms with Crippen LogP contribution in [0.1, 0.15) is 18.0 Å². The lowest BCUT2D eigenvalue weighted by Crippen LogP contribution is -2.43. The van der Waals surface area contributed by atoms with E-state index in [-0.39, 0.29) is 23.2 Å². The van der Waals surface area contributed by atoms with Gasteiger partial charge in [-0.3, -0.25) is 14.2 Å². The van der Waals surface area contributed by atoms with E-state index in [0.717, 1.165) is 19.0 Å². The number of amides is 1. The van der Waals surface area contributed by atoms with Crippen molar-refractivity contribution < 1.29 is 13.6 Å². The number of nitrogens with zero attached hydrogens (tertiary/aromatic N) is 1. The van der Waals surface area contributed by atoms with Crippen LogP contribution in [-0.4, -0.2) is 34.9 Å². The van der Waals surface area contributed by atoms with E-state index in [9.17, 15) is 18.4 Å². The topological polar surface area (TPSA) is 75.2 Å². The minimum absolute atomic E-state index is 0.0151. The fourth-order valence-corrected chi connectivity index (χ4v) is 5.66. The van der Waals surface area contributed by atoms with Crippen LogP contribution < -0.4 is 21.5 Å². The zero-order valence-electron chi connectivity index (χ0n) is 17.6. The van der Waals surface area contributed by atoms with Crippen LogP contribution >= 0.6 is 11.8 Å². The van der Waals surface area contributed by atoms with Gasteiger partial charge in [0.1, 0.15) is 16.9 Å². The van der Waals surface area contributed by atoms with Crippen molar-refractivity contribution >= 4 is 23.4 Å². The maximum absolute atomic E-state index is 14.5. The summed E-state index contributed by atoms with van der Waals surface area (Å²) >= 11 is 1.27. The number of rotatable bonds is 5. The van der Waals surface area contributed by atoms with Gasteiger partial charge in [-0.2, -0.15) is 0 Å². The Morgan fingerprint density at radius 1 is 1.09 bits per heavy atom. The van der Waals surface area contributed by atoms with Crippen molar-refractivity contribution in [3.05, 3.63) is 88.2 Å². The minimum Gasteiger partial charge on any atom is -0.374 e. The number of hydrogen-bond acceptors (Lipinski definition) is 5. The molecule has 33 heavy (non-hydrogen) atoms. The van der Waals surface area contributed by atoms with E-state index >= 15 is 0 Å². The summed E-state index contributed by atoms with van der Waals surface area (Å²) in [7, 11) is 0. The van der Waals surface area contributed by atoms with Crippen LogP contribution in [0.25, 0.3) is 5.69 Å². The SMILES string of the molecule is O=C(NC1CCNC1)C1Sc2c(ccc(=O)n2-c2ccccc2)C1Nc1ccc(F)cc1F. The van der Waals surface area contributed by atoms with Gasteiger partial charge in [-0.15, -0.1) is 0 Å². The minimum atomic E-state index is -0.746. The zero-order chi connectivity index (χ0) is 22.9. The summed E-state index contributed by atoms with van der Waals surface area (Å²) in [6, 6.07) is 15.0. The number of thioether (sulfide) groups is 1. The van der Waals surface area contributed by atoms with Crippen LogP contribution in [0.2, 0.25) is 0 Å². The molecular formula is C24H22F2N4O2S. The number of carbonyl (C=O) groups excluding carboxylic acids is 1. The first-order chi connectivity index (χ1) is 16.0. The molecule has 0 radical (unpaired) electrons. The Labute approximate surface area is 193 Å². The number of halogens is 2. The number of aromatic nitrogens is 1. The summed E-state index contributed by atoms with van der Waals surface area (Å²) in [4.78, 5) is 26.1. The Morgan fingerprint density at radius 3 is 2.64 bits per heavy atom. The third-order valence-electron chi connectivity index (χ3n) is 5.87. The third-order valence-corrected chi connectivity index (χ3v) is 7.26. The fraction of sp³-hybridized carbons (Fsp3) is 0.250. The summed E-state index contributed by atoms with van der Waals surface area (Å²) < 4.78 is 29.5. The van der Waals surface area contributed by atoms with Crippen LogP contribution in [-0.2, 0) is 4.79 Å². The molecule has 0 bridgehead atoms. The Hall–Kier alpha value is -3.17. The molecule has 9 heteroatoms. The average Bonchev–Trinajstić information content (AvgIpc) is 3.44. The van der Waals surface area contributed by atoms with E-state index in [4.69, 9.17) is 0 Å². The average molecular weight is 469 g/mol. The van der Waals surface area contributed by atoms with Gasteiger partial charge in [-0.05, 0) is 43.3 Å². The van der Waals surface area contributed by atoms with E-state index in [1.165, 1.54) is 30.0 Å². The molecule has 3 unspecified atom stereocenters. The fourth-order valence-electron chi connectivity index (χ4n) is 4.26. The number of nitrogens with one attached hydrogen (secondary N) is 3. The zero-order valence-corrected chi connectivity index (χ0v) is 18.4. The monoisotopic (exact) mass is 468 g/mol. The van der Waals surface area contributed by atoms with Crippen molar-refractivity contribution in [2.24, 2.45) is 0 Å². The second kappa shape index (κ2) is 8.99.